The molecule has 0 unspecified atom stereocenters. The second-order valence-electron chi connectivity index (χ2n) is 7.69. The van der Waals surface area contributed by atoms with E-state index in [0.29, 0.717) is 18.1 Å². The Morgan fingerprint density at radius 2 is 1.48 bits per heavy atom. The smallest absolute Gasteiger partial charge is 0.242 e. The molecule has 0 spiro atoms. The minimum absolute atomic E-state index is 0.0980. The van der Waals surface area contributed by atoms with E-state index in [0.717, 1.165) is 16.7 Å². The van der Waals surface area contributed by atoms with Gasteiger partial charge in [-0.1, -0.05) is 83.9 Å². The molecule has 0 aliphatic carbocycles. The number of benzene rings is 3. The van der Waals surface area contributed by atoms with Gasteiger partial charge in [-0.2, -0.15) is 0 Å². The third-order valence-corrected chi connectivity index (χ3v) is 5.47. The summed E-state index contributed by atoms with van der Waals surface area (Å²) in [5.41, 5.74) is 4.03. The summed E-state index contributed by atoms with van der Waals surface area (Å²) in [6.07, 6.45) is 0.240. The number of halogens is 1. The average molecular weight is 435 g/mol. The molecule has 3 rings (SSSR count). The van der Waals surface area contributed by atoms with Gasteiger partial charge in [0, 0.05) is 18.1 Å². The molecule has 0 aliphatic heterocycles. The summed E-state index contributed by atoms with van der Waals surface area (Å²) >= 11 is 6.00. The number of carbonyl (C=O) groups excluding carboxylic acids is 2. The van der Waals surface area contributed by atoms with Crippen LogP contribution in [0.1, 0.15) is 29.2 Å². The van der Waals surface area contributed by atoms with Gasteiger partial charge in [-0.25, -0.2) is 0 Å². The van der Waals surface area contributed by atoms with Crippen LogP contribution in [0, 0.1) is 6.92 Å². The number of nitrogens with zero attached hydrogens (tertiary/aromatic N) is 1. The molecule has 160 valence electrons. The largest absolute Gasteiger partial charge is 0.350 e. The molecule has 2 amide bonds. The number of aryl methyl sites for hydroxylation is 1. The SMILES string of the molecule is Cc1ccc(CNC(=O)[C@H](C)N(Cc2ccc(Cl)cc2)C(=O)Cc2ccccc2)cc1. The maximum Gasteiger partial charge on any atom is 0.242 e. The Morgan fingerprint density at radius 3 is 2.13 bits per heavy atom. The van der Waals surface area contributed by atoms with Crippen molar-refractivity contribution in [3.63, 3.8) is 0 Å². The topological polar surface area (TPSA) is 49.4 Å². The second kappa shape index (κ2) is 10.8. The maximum absolute atomic E-state index is 13.2. The number of carbonyl (C=O) groups is 2. The molecule has 3 aromatic carbocycles. The van der Waals surface area contributed by atoms with Gasteiger partial charge >= 0.3 is 0 Å². The van der Waals surface area contributed by atoms with Crippen molar-refractivity contribution in [2.24, 2.45) is 0 Å². The van der Waals surface area contributed by atoms with Crippen LogP contribution in [0.15, 0.2) is 78.9 Å². The van der Waals surface area contributed by atoms with Gasteiger partial charge in [-0.15, -0.1) is 0 Å². The highest BCUT2D eigenvalue weighted by molar-refractivity contribution is 6.30. The molecule has 0 radical (unpaired) electrons. The lowest BCUT2D eigenvalue weighted by atomic mass is 10.1. The summed E-state index contributed by atoms with van der Waals surface area (Å²) in [4.78, 5) is 27.7. The lowest BCUT2D eigenvalue weighted by Gasteiger charge is -2.29. The fourth-order valence-electron chi connectivity index (χ4n) is 3.28. The summed E-state index contributed by atoms with van der Waals surface area (Å²) in [5.74, 6) is -0.282. The van der Waals surface area contributed by atoms with Crippen molar-refractivity contribution >= 4 is 23.4 Å². The molecule has 0 saturated carbocycles. The molecule has 5 heteroatoms. The number of amides is 2. The minimum Gasteiger partial charge on any atom is -0.350 e. The third-order valence-electron chi connectivity index (χ3n) is 5.22. The molecule has 1 N–H and O–H groups in total. The second-order valence-corrected chi connectivity index (χ2v) is 8.13. The van der Waals surface area contributed by atoms with Crippen molar-refractivity contribution in [3.8, 4) is 0 Å². The standard InChI is InChI=1S/C26H27ClN2O2/c1-19-8-10-22(11-9-19)17-28-26(31)20(2)29(18-23-12-14-24(27)15-13-23)25(30)16-21-6-4-3-5-7-21/h3-15,20H,16-18H2,1-2H3,(H,28,31)/t20-/m0/s1. The maximum atomic E-state index is 13.2. The lowest BCUT2D eigenvalue weighted by molar-refractivity contribution is -0.140. The summed E-state index contributed by atoms with van der Waals surface area (Å²) in [6.45, 7) is 4.55. The van der Waals surface area contributed by atoms with E-state index in [4.69, 9.17) is 11.6 Å². The van der Waals surface area contributed by atoms with Gasteiger partial charge in [0.25, 0.3) is 0 Å². The predicted molar refractivity (Wildman–Crippen MR) is 125 cm³/mol. The van der Waals surface area contributed by atoms with Crippen molar-refractivity contribution in [3.05, 3.63) is 106 Å². The van der Waals surface area contributed by atoms with E-state index < -0.39 is 6.04 Å². The van der Waals surface area contributed by atoms with Crippen LogP contribution in [0.4, 0.5) is 0 Å². The minimum atomic E-state index is -0.614. The molecule has 0 bridgehead atoms. The van der Waals surface area contributed by atoms with E-state index >= 15 is 0 Å². The van der Waals surface area contributed by atoms with Crippen molar-refractivity contribution in [2.45, 2.75) is 39.4 Å². The van der Waals surface area contributed by atoms with Gasteiger partial charge in [-0.3, -0.25) is 9.59 Å². The fourth-order valence-corrected chi connectivity index (χ4v) is 3.41. The first-order valence-electron chi connectivity index (χ1n) is 10.3. The Bertz CT molecular complexity index is 1000. The van der Waals surface area contributed by atoms with Gasteiger partial charge in [0.2, 0.25) is 11.8 Å². The molecule has 0 fully saturated rings. The fraction of sp³-hybridized carbons (Fsp3) is 0.231. The van der Waals surface area contributed by atoms with Gasteiger partial charge < -0.3 is 10.2 Å². The van der Waals surface area contributed by atoms with Gasteiger partial charge in [0.05, 0.1) is 6.42 Å². The zero-order chi connectivity index (χ0) is 22.2. The molecule has 1 atom stereocenters. The molecule has 0 aromatic heterocycles. The Morgan fingerprint density at radius 1 is 0.871 bits per heavy atom. The van der Waals surface area contributed by atoms with Crippen LogP contribution in [0.2, 0.25) is 5.02 Å². The third kappa shape index (κ3) is 6.69. The molecule has 0 aliphatic rings. The first kappa shape index (κ1) is 22.6. The van der Waals surface area contributed by atoms with Crippen LogP contribution in [0.25, 0.3) is 0 Å². The van der Waals surface area contributed by atoms with Crippen molar-refractivity contribution in [2.75, 3.05) is 0 Å². The van der Waals surface area contributed by atoms with E-state index in [1.54, 1.807) is 24.0 Å². The van der Waals surface area contributed by atoms with Crippen LogP contribution in [0.5, 0.6) is 0 Å². The quantitative estimate of drug-likeness (QED) is 0.546. The van der Waals surface area contributed by atoms with Crippen LogP contribution in [0.3, 0.4) is 0 Å². The Labute approximate surface area is 188 Å². The lowest BCUT2D eigenvalue weighted by Crippen LogP contribution is -2.47. The van der Waals surface area contributed by atoms with Crippen LogP contribution < -0.4 is 5.32 Å². The molecule has 0 saturated heterocycles. The summed E-state index contributed by atoms with van der Waals surface area (Å²) in [6, 6.07) is 24.3. The molecule has 31 heavy (non-hydrogen) atoms. The molecule has 3 aromatic rings. The summed E-state index contributed by atoms with van der Waals surface area (Å²) < 4.78 is 0. The van der Waals surface area contributed by atoms with Crippen LogP contribution >= 0.6 is 11.6 Å². The van der Waals surface area contributed by atoms with E-state index in [1.165, 1.54) is 5.56 Å². The van der Waals surface area contributed by atoms with E-state index in [9.17, 15) is 9.59 Å². The van der Waals surface area contributed by atoms with E-state index in [1.807, 2.05) is 73.7 Å². The van der Waals surface area contributed by atoms with Crippen molar-refractivity contribution in [1.29, 1.82) is 0 Å². The average Bonchev–Trinajstić information content (AvgIpc) is 2.78. The normalized spacial score (nSPS) is 11.6. The highest BCUT2D eigenvalue weighted by Crippen LogP contribution is 2.15. The number of hydrogen-bond acceptors (Lipinski definition) is 2. The van der Waals surface area contributed by atoms with Crippen molar-refractivity contribution < 1.29 is 9.59 Å². The first-order chi connectivity index (χ1) is 14.9. The number of hydrogen-bond donors (Lipinski definition) is 1. The highest BCUT2D eigenvalue weighted by Gasteiger charge is 2.26. The summed E-state index contributed by atoms with van der Waals surface area (Å²) in [5, 5.41) is 3.59. The van der Waals surface area contributed by atoms with Gasteiger partial charge in [0.1, 0.15) is 6.04 Å². The van der Waals surface area contributed by atoms with E-state index in [2.05, 4.69) is 5.32 Å². The van der Waals surface area contributed by atoms with Crippen LogP contribution in [-0.2, 0) is 29.1 Å². The van der Waals surface area contributed by atoms with Crippen molar-refractivity contribution in [1.82, 2.24) is 10.2 Å². The Hall–Kier alpha value is -3.11. The number of rotatable bonds is 8. The molecular formula is C26H27ClN2O2. The van der Waals surface area contributed by atoms with Gasteiger partial charge in [-0.05, 0) is 42.7 Å². The number of nitrogens with one attached hydrogen (secondary N) is 1. The summed E-state index contributed by atoms with van der Waals surface area (Å²) in [7, 11) is 0. The molecular weight excluding hydrogens is 408 g/mol. The first-order valence-corrected chi connectivity index (χ1v) is 10.7. The Kier molecular flexibility index (Phi) is 7.85. The Balaban J connectivity index is 1.72. The zero-order valence-corrected chi connectivity index (χ0v) is 18.6. The van der Waals surface area contributed by atoms with Crippen LogP contribution in [-0.4, -0.2) is 22.8 Å². The molecule has 0 heterocycles. The monoisotopic (exact) mass is 434 g/mol. The highest BCUT2D eigenvalue weighted by atomic mass is 35.5. The van der Waals surface area contributed by atoms with E-state index in [-0.39, 0.29) is 18.2 Å². The molecule has 4 nitrogen and oxygen atoms in total. The predicted octanol–water partition coefficient (Wildman–Crippen LogP) is 4.92. The van der Waals surface area contributed by atoms with Gasteiger partial charge in [0.15, 0.2) is 0 Å². The zero-order valence-electron chi connectivity index (χ0n) is 17.8.